The standard InChI is InChI=1S/C18H26O4/c19-18(20)11-7-2-1-4-8-15-12-21-13-16(15)14-22-17-9-5-3-6-10-17/h3,5-6,9-10,15-16H,1-2,4,7-8,11-14H2,(H,19,20). The minimum absolute atomic E-state index is 0.292. The van der Waals surface area contributed by atoms with Crippen molar-refractivity contribution in [1.82, 2.24) is 0 Å². The first-order chi connectivity index (χ1) is 10.8. The Bertz CT molecular complexity index is 432. The van der Waals surface area contributed by atoms with E-state index >= 15 is 0 Å². The number of unbranched alkanes of at least 4 members (excludes halogenated alkanes) is 3. The average molecular weight is 306 g/mol. The molecule has 4 nitrogen and oxygen atoms in total. The van der Waals surface area contributed by atoms with E-state index in [1.807, 2.05) is 30.3 Å². The van der Waals surface area contributed by atoms with E-state index in [2.05, 4.69) is 0 Å². The number of carboxylic acids is 1. The molecule has 1 fully saturated rings. The van der Waals surface area contributed by atoms with E-state index in [1.165, 1.54) is 0 Å². The highest BCUT2D eigenvalue weighted by Crippen LogP contribution is 2.27. The molecule has 0 amide bonds. The van der Waals surface area contributed by atoms with E-state index in [0.717, 1.165) is 51.1 Å². The number of rotatable bonds is 10. The topological polar surface area (TPSA) is 55.8 Å². The van der Waals surface area contributed by atoms with Crippen LogP contribution in [0, 0.1) is 11.8 Å². The molecule has 1 N–H and O–H groups in total. The van der Waals surface area contributed by atoms with Crippen LogP contribution in [0.3, 0.4) is 0 Å². The first-order valence-electron chi connectivity index (χ1n) is 8.23. The zero-order chi connectivity index (χ0) is 15.6. The fourth-order valence-electron chi connectivity index (χ4n) is 2.90. The van der Waals surface area contributed by atoms with Crippen LogP contribution in [0.25, 0.3) is 0 Å². The van der Waals surface area contributed by atoms with Crippen molar-refractivity contribution in [2.75, 3.05) is 19.8 Å². The number of benzene rings is 1. The predicted octanol–water partition coefficient (Wildman–Crippen LogP) is 3.75. The number of carbonyl (C=O) groups is 1. The summed E-state index contributed by atoms with van der Waals surface area (Å²) in [6.07, 6.45) is 5.49. The van der Waals surface area contributed by atoms with Crippen molar-refractivity contribution in [2.24, 2.45) is 11.8 Å². The summed E-state index contributed by atoms with van der Waals surface area (Å²) in [4.78, 5) is 10.4. The summed E-state index contributed by atoms with van der Waals surface area (Å²) in [5.74, 6) is 1.27. The van der Waals surface area contributed by atoms with Crippen LogP contribution >= 0.6 is 0 Å². The summed E-state index contributed by atoms with van der Waals surface area (Å²) in [5, 5.41) is 8.60. The van der Waals surface area contributed by atoms with Crippen LogP contribution in [-0.4, -0.2) is 30.9 Å². The quantitative estimate of drug-likeness (QED) is 0.669. The van der Waals surface area contributed by atoms with Gasteiger partial charge in [0.25, 0.3) is 0 Å². The molecular weight excluding hydrogens is 280 g/mol. The highest BCUT2D eigenvalue weighted by atomic mass is 16.5. The van der Waals surface area contributed by atoms with Crippen molar-refractivity contribution in [3.8, 4) is 5.75 Å². The van der Waals surface area contributed by atoms with Gasteiger partial charge in [0.1, 0.15) is 5.75 Å². The van der Waals surface area contributed by atoms with Crippen LogP contribution < -0.4 is 4.74 Å². The second-order valence-electron chi connectivity index (χ2n) is 6.03. The predicted molar refractivity (Wildman–Crippen MR) is 85.1 cm³/mol. The summed E-state index contributed by atoms with van der Waals surface area (Å²) in [6, 6.07) is 9.91. The van der Waals surface area contributed by atoms with Crippen molar-refractivity contribution in [3.63, 3.8) is 0 Å². The third-order valence-electron chi connectivity index (χ3n) is 4.25. The third kappa shape index (κ3) is 6.06. The first kappa shape index (κ1) is 16.8. The van der Waals surface area contributed by atoms with Crippen LogP contribution in [0.2, 0.25) is 0 Å². The van der Waals surface area contributed by atoms with E-state index in [0.29, 0.717) is 24.9 Å². The zero-order valence-electron chi connectivity index (χ0n) is 13.1. The SMILES string of the molecule is O=C(O)CCCCCCC1COCC1COc1ccccc1. The molecule has 0 radical (unpaired) electrons. The van der Waals surface area contributed by atoms with Gasteiger partial charge in [-0.15, -0.1) is 0 Å². The first-order valence-corrected chi connectivity index (χ1v) is 8.23. The van der Waals surface area contributed by atoms with Gasteiger partial charge in [0, 0.05) is 18.9 Å². The van der Waals surface area contributed by atoms with Gasteiger partial charge in [0.05, 0.1) is 13.2 Å². The van der Waals surface area contributed by atoms with Crippen LogP contribution in [0.4, 0.5) is 0 Å². The minimum Gasteiger partial charge on any atom is -0.493 e. The molecule has 1 aliphatic heterocycles. The Morgan fingerprint density at radius 3 is 2.59 bits per heavy atom. The second kappa shape index (κ2) is 9.46. The number of hydrogen-bond acceptors (Lipinski definition) is 3. The molecule has 122 valence electrons. The highest BCUT2D eigenvalue weighted by Gasteiger charge is 2.28. The summed E-state index contributed by atoms with van der Waals surface area (Å²) in [6.45, 7) is 2.34. The molecule has 0 saturated carbocycles. The molecule has 4 heteroatoms. The molecule has 1 heterocycles. The maximum atomic E-state index is 10.4. The van der Waals surface area contributed by atoms with Gasteiger partial charge in [0.15, 0.2) is 0 Å². The Kier molecular flexibility index (Phi) is 7.23. The highest BCUT2D eigenvalue weighted by molar-refractivity contribution is 5.66. The normalized spacial score (nSPS) is 20.9. The Hall–Kier alpha value is -1.55. The minimum atomic E-state index is -0.692. The van der Waals surface area contributed by atoms with Gasteiger partial charge in [-0.1, -0.05) is 37.5 Å². The maximum Gasteiger partial charge on any atom is 0.303 e. The largest absolute Gasteiger partial charge is 0.493 e. The molecule has 1 saturated heterocycles. The molecule has 0 aliphatic carbocycles. The Labute approximate surface area is 132 Å². The Balaban J connectivity index is 1.60. The molecule has 2 rings (SSSR count). The van der Waals surface area contributed by atoms with Crippen LogP contribution in [0.15, 0.2) is 30.3 Å². The average Bonchev–Trinajstić information content (AvgIpc) is 2.97. The molecule has 0 spiro atoms. The van der Waals surface area contributed by atoms with Crippen LogP contribution in [-0.2, 0) is 9.53 Å². The van der Waals surface area contributed by atoms with E-state index in [9.17, 15) is 4.79 Å². The lowest BCUT2D eigenvalue weighted by molar-refractivity contribution is -0.137. The van der Waals surface area contributed by atoms with E-state index in [1.54, 1.807) is 0 Å². The molecular formula is C18H26O4. The maximum absolute atomic E-state index is 10.4. The van der Waals surface area contributed by atoms with Crippen molar-refractivity contribution >= 4 is 5.97 Å². The monoisotopic (exact) mass is 306 g/mol. The number of ether oxygens (including phenoxy) is 2. The molecule has 2 atom stereocenters. The lowest BCUT2D eigenvalue weighted by Gasteiger charge is -2.18. The number of hydrogen-bond donors (Lipinski definition) is 1. The van der Waals surface area contributed by atoms with E-state index < -0.39 is 5.97 Å². The van der Waals surface area contributed by atoms with Crippen molar-refractivity contribution in [2.45, 2.75) is 38.5 Å². The van der Waals surface area contributed by atoms with Crippen molar-refractivity contribution in [3.05, 3.63) is 30.3 Å². The van der Waals surface area contributed by atoms with Gasteiger partial charge >= 0.3 is 5.97 Å². The van der Waals surface area contributed by atoms with E-state index in [4.69, 9.17) is 14.6 Å². The van der Waals surface area contributed by atoms with Gasteiger partial charge in [-0.05, 0) is 30.9 Å². The van der Waals surface area contributed by atoms with Crippen molar-refractivity contribution < 1.29 is 19.4 Å². The third-order valence-corrected chi connectivity index (χ3v) is 4.25. The number of aliphatic carboxylic acids is 1. The molecule has 0 aromatic heterocycles. The van der Waals surface area contributed by atoms with Crippen LogP contribution in [0.5, 0.6) is 5.75 Å². The molecule has 1 aromatic rings. The Morgan fingerprint density at radius 1 is 1.09 bits per heavy atom. The number of para-hydroxylation sites is 1. The van der Waals surface area contributed by atoms with Gasteiger partial charge in [-0.3, -0.25) is 4.79 Å². The number of carboxylic acid groups (broad SMARTS) is 1. The van der Waals surface area contributed by atoms with Gasteiger partial charge in [-0.2, -0.15) is 0 Å². The fourth-order valence-corrected chi connectivity index (χ4v) is 2.90. The van der Waals surface area contributed by atoms with Crippen LogP contribution in [0.1, 0.15) is 38.5 Å². The Morgan fingerprint density at radius 2 is 1.82 bits per heavy atom. The summed E-state index contributed by atoms with van der Waals surface area (Å²) < 4.78 is 11.5. The summed E-state index contributed by atoms with van der Waals surface area (Å²) in [7, 11) is 0. The molecule has 0 bridgehead atoms. The zero-order valence-corrected chi connectivity index (χ0v) is 13.1. The molecule has 1 aliphatic rings. The molecule has 2 unspecified atom stereocenters. The molecule has 1 aromatic carbocycles. The smallest absolute Gasteiger partial charge is 0.303 e. The second-order valence-corrected chi connectivity index (χ2v) is 6.03. The van der Waals surface area contributed by atoms with Gasteiger partial charge in [0.2, 0.25) is 0 Å². The lowest BCUT2D eigenvalue weighted by Crippen LogP contribution is -2.20. The van der Waals surface area contributed by atoms with Gasteiger partial charge < -0.3 is 14.6 Å². The lowest BCUT2D eigenvalue weighted by atomic mass is 9.91. The van der Waals surface area contributed by atoms with Crippen molar-refractivity contribution in [1.29, 1.82) is 0 Å². The summed E-state index contributed by atoms with van der Waals surface area (Å²) in [5.41, 5.74) is 0. The molecule has 22 heavy (non-hydrogen) atoms. The van der Waals surface area contributed by atoms with E-state index in [-0.39, 0.29) is 0 Å². The van der Waals surface area contributed by atoms with Gasteiger partial charge in [-0.25, -0.2) is 0 Å². The summed E-state index contributed by atoms with van der Waals surface area (Å²) >= 11 is 0. The fraction of sp³-hybridized carbons (Fsp3) is 0.611.